The van der Waals surface area contributed by atoms with Crippen molar-refractivity contribution in [1.29, 1.82) is 0 Å². The van der Waals surface area contributed by atoms with Crippen LogP contribution >= 0.6 is 11.3 Å². The lowest BCUT2D eigenvalue weighted by molar-refractivity contribution is 0.153. The van der Waals surface area contributed by atoms with Crippen LogP contribution in [0.2, 0.25) is 0 Å². The van der Waals surface area contributed by atoms with Crippen molar-refractivity contribution < 1.29 is 5.11 Å². The Balaban J connectivity index is 2.17. The number of aliphatic hydroxyl groups is 1. The third-order valence-corrected chi connectivity index (χ3v) is 4.12. The molecule has 1 aromatic rings. The summed E-state index contributed by atoms with van der Waals surface area (Å²) < 4.78 is 0. The summed E-state index contributed by atoms with van der Waals surface area (Å²) in [5.41, 5.74) is 0.932. The normalized spacial score (nSPS) is 19.9. The van der Waals surface area contributed by atoms with E-state index in [-0.39, 0.29) is 6.10 Å². The van der Waals surface area contributed by atoms with E-state index < -0.39 is 0 Å². The van der Waals surface area contributed by atoms with E-state index in [4.69, 9.17) is 0 Å². The second-order valence-electron chi connectivity index (χ2n) is 4.99. The van der Waals surface area contributed by atoms with Crippen molar-refractivity contribution in [3.8, 4) is 0 Å². The van der Waals surface area contributed by atoms with Crippen molar-refractivity contribution in [2.24, 2.45) is 5.92 Å². The minimum absolute atomic E-state index is 0.332. The monoisotopic (exact) mass is 240 g/mol. The summed E-state index contributed by atoms with van der Waals surface area (Å²) in [6.07, 6.45) is 2.70. The number of aliphatic hydroxyl groups excluding tert-OH is 1. The molecule has 90 valence electrons. The molecule has 2 rings (SSSR count). The Kier molecular flexibility index (Phi) is 3.50. The lowest BCUT2D eigenvalue weighted by Crippen LogP contribution is -2.22. The first-order valence-electron chi connectivity index (χ1n) is 5.96. The van der Waals surface area contributed by atoms with Gasteiger partial charge in [-0.05, 0) is 25.2 Å². The van der Waals surface area contributed by atoms with Gasteiger partial charge in [0.1, 0.15) is 0 Å². The van der Waals surface area contributed by atoms with Crippen LogP contribution in [-0.4, -0.2) is 23.7 Å². The maximum atomic E-state index is 9.86. The molecule has 1 aliphatic rings. The number of aryl methyl sites for hydroxylation is 1. The topological polar surface area (TPSA) is 36.4 Å². The summed E-state index contributed by atoms with van der Waals surface area (Å²) >= 11 is 1.74. The van der Waals surface area contributed by atoms with Crippen molar-refractivity contribution in [2.45, 2.75) is 39.2 Å². The van der Waals surface area contributed by atoms with Gasteiger partial charge >= 0.3 is 0 Å². The van der Waals surface area contributed by atoms with Crippen LogP contribution < -0.4 is 4.90 Å². The Morgan fingerprint density at radius 2 is 2.31 bits per heavy atom. The van der Waals surface area contributed by atoms with Gasteiger partial charge in [-0.25, -0.2) is 4.98 Å². The summed E-state index contributed by atoms with van der Waals surface area (Å²) in [7, 11) is 2.08. The van der Waals surface area contributed by atoms with Crippen LogP contribution in [-0.2, 0) is 6.42 Å². The van der Waals surface area contributed by atoms with Gasteiger partial charge in [-0.1, -0.05) is 13.8 Å². The standard InChI is InChI=1S/C12H20N2OS/c1-8(2)7-14(3)12-13-11-9(15)5-4-6-10(11)16-12/h8-9,15H,4-7H2,1-3H3. The number of nitrogens with zero attached hydrogens (tertiary/aromatic N) is 2. The Bertz CT molecular complexity index is 362. The number of hydrogen-bond acceptors (Lipinski definition) is 4. The molecule has 0 bridgehead atoms. The predicted molar refractivity (Wildman–Crippen MR) is 68.1 cm³/mol. The van der Waals surface area contributed by atoms with Crippen LogP contribution in [0.1, 0.15) is 43.4 Å². The SMILES string of the molecule is CC(C)CN(C)c1nc2c(s1)CCCC2O. The highest BCUT2D eigenvalue weighted by molar-refractivity contribution is 7.15. The molecule has 0 amide bonds. The third-order valence-electron chi connectivity index (χ3n) is 2.88. The molecule has 1 N–H and O–H groups in total. The summed E-state index contributed by atoms with van der Waals surface area (Å²) in [6, 6.07) is 0. The molecule has 0 spiro atoms. The first kappa shape index (κ1) is 11.9. The summed E-state index contributed by atoms with van der Waals surface area (Å²) in [6.45, 7) is 5.43. The largest absolute Gasteiger partial charge is 0.387 e. The maximum Gasteiger partial charge on any atom is 0.185 e. The molecule has 0 saturated heterocycles. The van der Waals surface area contributed by atoms with Gasteiger partial charge in [-0.15, -0.1) is 11.3 Å². The Hall–Kier alpha value is -0.610. The number of fused-ring (bicyclic) bond motifs is 1. The van der Waals surface area contributed by atoms with Gasteiger partial charge in [0.25, 0.3) is 0 Å². The zero-order valence-corrected chi connectivity index (χ0v) is 11.0. The fraction of sp³-hybridized carbons (Fsp3) is 0.750. The molecule has 0 saturated carbocycles. The fourth-order valence-electron chi connectivity index (χ4n) is 2.17. The molecule has 0 fully saturated rings. The number of aromatic nitrogens is 1. The first-order valence-corrected chi connectivity index (χ1v) is 6.78. The Morgan fingerprint density at radius 3 is 2.94 bits per heavy atom. The molecule has 16 heavy (non-hydrogen) atoms. The number of rotatable bonds is 3. The van der Waals surface area contributed by atoms with Crippen LogP contribution in [0.5, 0.6) is 0 Å². The van der Waals surface area contributed by atoms with Crippen LogP contribution in [0.3, 0.4) is 0 Å². The lowest BCUT2D eigenvalue weighted by atomic mass is 10.0. The highest BCUT2D eigenvalue weighted by Gasteiger charge is 2.23. The van der Waals surface area contributed by atoms with Crippen molar-refractivity contribution in [3.63, 3.8) is 0 Å². The zero-order valence-electron chi connectivity index (χ0n) is 10.2. The van der Waals surface area contributed by atoms with Crippen LogP contribution in [0.25, 0.3) is 0 Å². The van der Waals surface area contributed by atoms with E-state index in [2.05, 4.69) is 30.8 Å². The van der Waals surface area contributed by atoms with Gasteiger partial charge in [0.05, 0.1) is 11.8 Å². The molecule has 1 unspecified atom stereocenters. The number of hydrogen-bond donors (Lipinski definition) is 1. The van der Waals surface area contributed by atoms with Gasteiger partial charge in [0.15, 0.2) is 5.13 Å². The number of thiazole rings is 1. The van der Waals surface area contributed by atoms with E-state index in [9.17, 15) is 5.11 Å². The molecule has 0 aromatic carbocycles. The van der Waals surface area contributed by atoms with Crippen LogP contribution in [0.15, 0.2) is 0 Å². The van der Waals surface area contributed by atoms with Crippen molar-refractivity contribution >= 4 is 16.5 Å². The highest BCUT2D eigenvalue weighted by atomic mass is 32.1. The second-order valence-corrected chi connectivity index (χ2v) is 6.05. The summed E-state index contributed by atoms with van der Waals surface area (Å²) in [5.74, 6) is 0.635. The molecule has 1 atom stereocenters. The smallest absolute Gasteiger partial charge is 0.185 e. The minimum atomic E-state index is -0.332. The van der Waals surface area contributed by atoms with Crippen LogP contribution in [0.4, 0.5) is 5.13 Å². The van der Waals surface area contributed by atoms with Crippen molar-refractivity contribution in [2.75, 3.05) is 18.5 Å². The van der Waals surface area contributed by atoms with Crippen molar-refractivity contribution in [1.82, 2.24) is 4.98 Å². The van der Waals surface area contributed by atoms with Crippen LogP contribution in [0, 0.1) is 5.92 Å². The molecular formula is C12H20N2OS. The predicted octanol–water partition coefficient (Wildman–Crippen LogP) is 2.61. The van der Waals surface area contributed by atoms with E-state index in [0.29, 0.717) is 5.92 Å². The molecule has 0 aliphatic heterocycles. The van der Waals surface area contributed by atoms with Crippen molar-refractivity contribution in [3.05, 3.63) is 10.6 Å². The second kappa shape index (κ2) is 4.72. The Morgan fingerprint density at radius 1 is 1.56 bits per heavy atom. The molecule has 1 aromatic heterocycles. The lowest BCUT2D eigenvalue weighted by Gasteiger charge is -2.17. The van der Waals surface area contributed by atoms with Gasteiger partial charge in [-0.3, -0.25) is 0 Å². The third kappa shape index (κ3) is 2.38. The average molecular weight is 240 g/mol. The van der Waals surface area contributed by atoms with Gasteiger partial charge in [0, 0.05) is 18.5 Å². The quantitative estimate of drug-likeness (QED) is 0.882. The average Bonchev–Trinajstić information content (AvgIpc) is 2.61. The number of anilines is 1. The molecular weight excluding hydrogens is 220 g/mol. The van der Waals surface area contributed by atoms with E-state index >= 15 is 0 Å². The highest BCUT2D eigenvalue weighted by Crippen LogP contribution is 2.36. The van der Waals surface area contributed by atoms with Gasteiger partial charge in [-0.2, -0.15) is 0 Å². The maximum absolute atomic E-state index is 9.86. The van der Waals surface area contributed by atoms with Gasteiger partial charge in [0.2, 0.25) is 0 Å². The zero-order chi connectivity index (χ0) is 11.7. The minimum Gasteiger partial charge on any atom is -0.387 e. The summed E-state index contributed by atoms with van der Waals surface area (Å²) in [4.78, 5) is 8.06. The summed E-state index contributed by atoms with van der Waals surface area (Å²) in [5, 5.41) is 10.9. The molecule has 4 heteroatoms. The molecule has 3 nitrogen and oxygen atoms in total. The van der Waals surface area contributed by atoms with E-state index in [0.717, 1.165) is 36.6 Å². The fourth-order valence-corrected chi connectivity index (χ4v) is 3.30. The molecule has 0 radical (unpaired) electrons. The molecule has 1 heterocycles. The first-order chi connectivity index (χ1) is 7.58. The van der Waals surface area contributed by atoms with E-state index in [1.165, 1.54) is 4.88 Å². The molecule has 1 aliphatic carbocycles. The van der Waals surface area contributed by atoms with E-state index in [1.807, 2.05) is 0 Å². The Labute approximate surface area is 101 Å². The van der Waals surface area contributed by atoms with Gasteiger partial charge < -0.3 is 10.0 Å². The van der Waals surface area contributed by atoms with E-state index in [1.54, 1.807) is 11.3 Å².